The SMILES string of the molecule is CN(C)c1ccc(C(=O)N/C=N/N)cc1. The van der Waals surface area contributed by atoms with Crippen molar-refractivity contribution in [3.05, 3.63) is 29.8 Å². The van der Waals surface area contributed by atoms with Gasteiger partial charge in [-0.05, 0) is 24.3 Å². The van der Waals surface area contributed by atoms with Gasteiger partial charge in [0, 0.05) is 25.3 Å². The molecular weight excluding hydrogens is 192 g/mol. The van der Waals surface area contributed by atoms with Crippen molar-refractivity contribution >= 4 is 17.9 Å². The number of anilines is 1. The maximum absolute atomic E-state index is 11.4. The zero-order valence-electron chi connectivity index (χ0n) is 8.77. The summed E-state index contributed by atoms with van der Waals surface area (Å²) in [5.74, 6) is 4.64. The zero-order valence-corrected chi connectivity index (χ0v) is 8.77. The van der Waals surface area contributed by atoms with Crippen LogP contribution in [0.4, 0.5) is 5.69 Å². The van der Waals surface area contributed by atoms with Gasteiger partial charge in [-0.2, -0.15) is 5.10 Å². The smallest absolute Gasteiger partial charge is 0.256 e. The third kappa shape index (κ3) is 2.98. The predicted octanol–water partition coefficient (Wildman–Crippen LogP) is 0.384. The largest absolute Gasteiger partial charge is 0.378 e. The Morgan fingerprint density at radius 1 is 1.40 bits per heavy atom. The van der Waals surface area contributed by atoms with Crippen LogP contribution in [0.2, 0.25) is 0 Å². The van der Waals surface area contributed by atoms with Crippen LogP contribution in [0.5, 0.6) is 0 Å². The first-order valence-electron chi connectivity index (χ1n) is 4.45. The van der Waals surface area contributed by atoms with Crippen molar-refractivity contribution in [2.24, 2.45) is 10.9 Å². The van der Waals surface area contributed by atoms with Gasteiger partial charge in [0.05, 0.1) is 0 Å². The van der Waals surface area contributed by atoms with Crippen LogP contribution in [0.1, 0.15) is 10.4 Å². The molecule has 0 aromatic heterocycles. The molecule has 0 saturated carbocycles. The Morgan fingerprint density at radius 3 is 2.47 bits per heavy atom. The van der Waals surface area contributed by atoms with Crippen LogP contribution in [-0.4, -0.2) is 26.3 Å². The second-order valence-corrected chi connectivity index (χ2v) is 3.19. The van der Waals surface area contributed by atoms with Gasteiger partial charge in [-0.1, -0.05) is 0 Å². The average molecular weight is 206 g/mol. The Bertz CT molecular complexity index is 356. The van der Waals surface area contributed by atoms with Gasteiger partial charge < -0.3 is 16.1 Å². The molecule has 1 aromatic rings. The molecular formula is C10H14N4O. The van der Waals surface area contributed by atoms with Crippen molar-refractivity contribution in [2.45, 2.75) is 0 Å². The highest BCUT2D eigenvalue weighted by atomic mass is 16.1. The van der Waals surface area contributed by atoms with Gasteiger partial charge >= 0.3 is 0 Å². The lowest BCUT2D eigenvalue weighted by Crippen LogP contribution is -2.22. The molecule has 0 heterocycles. The van der Waals surface area contributed by atoms with Gasteiger partial charge in [-0.25, -0.2) is 0 Å². The Labute approximate surface area is 88.6 Å². The normalized spacial score (nSPS) is 10.3. The molecule has 0 unspecified atom stereocenters. The Hall–Kier alpha value is -2.04. The highest BCUT2D eigenvalue weighted by Gasteiger charge is 2.03. The van der Waals surface area contributed by atoms with E-state index in [9.17, 15) is 4.79 Å². The first-order valence-corrected chi connectivity index (χ1v) is 4.45. The molecule has 1 aromatic carbocycles. The van der Waals surface area contributed by atoms with Crippen LogP contribution in [-0.2, 0) is 0 Å². The Morgan fingerprint density at radius 2 is 2.00 bits per heavy atom. The molecule has 0 spiro atoms. The fourth-order valence-corrected chi connectivity index (χ4v) is 1.09. The number of hydrogen-bond acceptors (Lipinski definition) is 4. The second-order valence-electron chi connectivity index (χ2n) is 3.19. The van der Waals surface area contributed by atoms with Crippen molar-refractivity contribution in [1.82, 2.24) is 5.32 Å². The van der Waals surface area contributed by atoms with Gasteiger partial charge in [0.25, 0.3) is 5.91 Å². The third-order valence-electron chi connectivity index (χ3n) is 1.92. The van der Waals surface area contributed by atoms with Crippen LogP contribution in [0.3, 0.4) is 0 Å². The molecule has 80 valence electrons. The monoisotopic (exact) mass is 206 g/mol. The highest BCUT2D eigenvalue weighted by Crippen LogP contribution is 2.11. The van der Waals surface area contributed by atoms with Crippen molar-refractivity contribution in [3.8, 4) is 0 Å². The Kier molecular flexibility index (Phi) is 3.68. The van der Waals surface area contributed by atoms with Crippen molar-refractivity contribution in [1.29, 1.82) is 0 Å². The summed E-state index contributed by atoms with van der Waals surface area (Å²) < 4.78 is 0. The number of nitrogens with two attached hydrogens (primary N) is 1. The summed E-state index contributed by atoms with van der Waals surface area (Å²) >= 11 is 0. The maximum atomic E-state index is 11.4. The topological polar surface area (TPSA) is 70.7 Å². The zero-order chi connectivity index (χ0) is 11.3. The van der Waals surface area contributed by atoms with E-state index in [1.165, 1.54) is 0 Å². The number of benzene rings is 1. The number of nitrogens with one attached hydrogen (secondary N) is 1. The number of amides is 1. The molecule has 0 aliphatic carbocycles. The van der Waals surface area contributed by atoms with E-state index in [1.54, 1.807) is 12.1 Å². The summed E-state index contributed by atoms with van der Waals surface area (Å²) in [6, 6.07) is 7.23. The van der Waals surface area contributed by atoms with Crippen molar-refractivity contribution < 1.29 is 4.79 Å². The number of carbonyl (C=O) groups is 1. The fourth-order valence-electron chi connectivity index (χ4n) is 1.09. The minimum atomic E-state index is -0.227. The lowest BCUT2D eigenvalue weighted by Gasteiger charge is -2.12. The molecule has 1 amide bonds. The lowest BCUT2D eigenvalue weighted by molar-refractivity contribution is 0.0978. The molecule has 0 radical (unpaired) electrons. The van der Waals surface area contributed by atoms with Gasteiger partial charge in [0.1, 0.15) is 6.34 Å². The lowest BCUT2D eigenvalue weighted by atomic mass is 10.2. The van der Waals surface area contributed by atoms with Crippen LogP contribution >= 0.6 is 0 Å². The molecule has 0 aliphatic heterocycles. The molecule has 0 saturated heterocycles. The molecule has 3 N–H and O–H groups in total. The van der Waals surface area contributed by atoms with E-state index in [4.69, 9.17) is 5.84 Å². The van der Waals surface area contributed by atoms with Gasteiger partial charge in [-0.15, -0.1) is 0 Å². The average Bonchev–Trinajstić information content (AvgIpc) is 2.26. The van der Waals surface area contributed by atoms with Crippen LogP contribution < -0.4 is 16.1 Å². The molecule has 0 bridgehead atoms. The number of rotatable bonds is 3. The van der Waals surface area contributed by atoms with E-state index >= 15 is 0 Å². The van der Waals surface area contributed by atoms with Crippen molar-refractivity contribution in [2.75, 3.05) is 19.0 Å². The summed E-state index contributed by atoms with van der Waals surface area (Å²) in [6.45, 7) is 0. The van der Waals surface area contributed by atoms with E-state index in [1.807, 2.05) is 31.1 Å². The minimum absolute atomic E-state index is 0.227. The van der Waals surface area contributed by atoms with Gasteiger partial charge in [-0.3, -0.25) is 4.79 Å². The van der Waals surface area contributed by atoms with Crippen LogP contribution in [0, 0.1) is 0 Å². The fraction of sp³-hybridized carbons (Fsp3) is 0.200. The number of hydrazone groups is 1. The van der Waals surface area contributed by atoms with Gasteiger partial charge in [0.15, 0.2) is 0 Å². The summed E-state index contributed by atoms with van der Waals surface area (Å²) in [5.41, 5.74) is 1.61. The van der Waals surface area contributed by atoms with Crippen LogP contribution in [0.25, 0.3) is 0 Å². The maximum Gasteiger partial charge on any atom is 0.256 e. The first-order chi connectivity index (χ1) is 7.15. The first kappa shape index (κ1) is 11.0. The molecule has 0 atom stereocenters. The second kappa shape index (κ2) is 4.99. The number of hydrogen-bond donors (Lipinski definition) is 2. The summed E-state index contributed by atoms with van der Waals surface area (Å²) in [4.78, 5) is 13.4. The minimum Gasteiger partial charge on any atom is -0.378 e. The van der Waals surface area contributed by atoms with Crippen molar-refractivity contribution in [3.63, 3.8) is 0 Å². The number of carbonyl (C=O) groups excluding carboxylic acids is 1. The van der Waals surface area contributed by atoms with Gasteiger partial charge in [0.2, 0.25) is 0 Å². The molecule has 0 fully saturated rings. The molecule has 5 heteroatoms. The van der Waals surface area contributed by atoms with E-state index in [0.717, 1.165) is 12.0 Å². The summed E-state index contributed by atoms with van der Waals surface area (Å²) in [7, 11) is 3.88. The quantitative estimate of drug-likeness (QED) is 0.325. The highest BCUT2D eigenvalue weighted by molar-refractivity contribution is 6.00. The number of nitrogens with zero attached hydrogens (tertiary/aromatic N) is 2. The van der Waals surface area contributed by atoms with E-state index in [2.05, 4.69) is 10.4 Å². The molecule has 1 rings (SSSR count). The summed E-state index contributed by atoms with van der Waals surface area (Å²) in [6.07, 6.45) is 1.15. The predicted molar refractivity (Wildman–Crippen MR) is 60.9 cm³/mol. The molecule has 0 aliphatic rings. The Balaban J connectivity index is 2.75. The van der Waals surface area contributed by atoms with E-state index < -0.39 is 0 Å². The van der Waals surface area contributed by atoms with E-state index in [-0.39, 0.29) is 5.91 Å². The van der Waals surface area contributed by atoms with Crippen LogP contribution in [0.15, 0.2) is 29.4 Å². The third-order valence-corrected chi connectivity index (χ3v) is 1.92. The standard InChI is InChI=1S/C10H14N4O/c1-14(2)9-5-3-8(4-6-9)10(15)12-7-13-11/h3-7H,11H2,1-2H3,(H,12,13,15). The molecule has 5 nitrogen and oxygen atoms in total. The summed E-state index contributed by atoms with van der Waals surface area (Å²) in [5, 5.41) is 5.61. The van der Waals surface area contributed by atoms with E-state index in [0.29, 0.717) is 5.56 Å². The molecule has 15 heavy (non-hydrogen) atoms.